The van der Waals surface area contributed by atoms with Crippen LogP contribution in [0.4, 0.5) is 0 Å². The Bertz CT molecular complexity index is 624. The van der Waals surface area contributed by atoms with E-state index in [4.69, 9.17) is 0 Å². The van der Waals surface area contributed by atoms with E-state index >= 15 is 0 Å². The molecule has 1 saturated heterocycles. The number of amides is 2. The van der Waals surface area contributed by atoms with Crippen LogP contribution in [-0.4, -0.2) is 61.4 Å². The summed E-state index contributed by atoms with van der Waals surface area (Å²) in [5.74, 6) is 0.820. The summed E-state index contributed by atoms with van der Waals surface area (Å²) in [4.78, 5) is 30.2. The molecule has 8 heteroatoms. The lowest BCUT2D eigenvalue weighted by atomic mass is 10.2. The van der Waals surface area contributed by atoms with Crippen LogP contribution < -0.4 is 16.0 Å². The number of carbonyl (C=O) groups is 2. The Kier molecular flexibility index (Phi) is 10.8. The molecule has 1 fully saturated rings. The summed E-state index contributed by atoms with van der Waals surface area (Å²) in [5, 5.41) is 9.45. The molecule has 1 heterocycles. The van der Waals surface area contributed by atoms with E-state index in [1.165, 1.54) is 0 Å². The molecule has 2 amide bonds. The van der Waals surface area contributed by atoms with E-state index in [1.54, 1.807) is 12.1 Å². The number of likely N-dealkylation sites (tertiary alicyclic amines) is 1. The average molecular weight is 487 g/mol. The molecule has 0 aliphatic carbocycles. The van der Waals surface area contributed by atoms with Crippen molar-refractivity contribution in [1.82, 2.24) is 20.9 Å². The minimum absolute atomic E-state index is 0. The highest BCUT2D eigenvalue weighted by molar-refractivity contribution is 14.0. The van der Waals surface area contributed by atoms with Crippen molar-refractivity contribution in [2.75, 3.05) is 32.7 Å². The van der Waals surface area contributed by atoms with Crippen molar-refractivity contribution in [1.29, 1.82) is 0 Å². The van der Waals surface area contributed by atoms with Gasteiger partial charge in [0.05, 0.1) is 6.54 Å². The number of guanidine groups is 1. The Morgan fingerprint density at radius 3 is 2.59 bits per heavy atom. The summed E-state index contributed by atoms with van der Waals surface area (Å²) in [7, 11) is 0. The molecule has 1 atom stereocenters. The van der Waals surface area contributed by atoms with E-state index in [-0.39, 0.29) is 41.8 Å². The summed E-state index contributed by atoms with van der Waals surface area (Å²) < 4.78 is 0. The standard InChI is InChI=1S/C19H29N5O2.HI/c1-3-17(25)24-13-10-16(14-24)23-19(20-4-2)22-12-11-21-18(26)15-8-6-5-7-9-15;/h5-9,16H,3-4,10-14H2,1-2H3,(H,21,26)(H2,20,22,23);1H. The van der Waals surface area contributed by atoms with Gasteiger partial charge in [-0.1, -0.05) is 25.1 Å². The highest BCUT2D eigenvalue weighted by atomic mass is 127. The maximum Gasteiger partial charge on any atom is 0.251 e. The largest absolute Gasteiger partial charge is 0.357 e. The van der Waals surface area contributed by atoms with E-state index in [2.05, 4.69) is 20.9 Å². The molecule has 3 N–H and O–H groups in total. The normalized spacial score (nSPS) is 16.4. The fourth-order valence-corrected chi connectivity index (χ4v) is 2.87. The van der Waals surface area contributed by atoms with Crippen LogP contribution in [-0.2, 0) is 4.79 Å². The number of hydrogen-bond donors (Lipinski definition) is 3. The van der Waals surface area contributed by atoms with Crippen LogP contribution in [0.3, 0.4) is 0 Å². The molecule has 150 valence electrons. The lowest BCUT2D eigenvalue weighted by Gasteiger charge is -2.18. The number of rotatable bonds is 7. The first-order valence-corrected chi connectivity index (χ1v) is 9.29. The fourth-order valence-electron chi connectivity index (χ4n) is 2.87. The van der Waals surface area contributed by atoms with Crippen molar-refractivity contribution in [3.8, 4) is 0 Å². The van der Waals surface area contributed by atoms with Crippen molar-refractivity contribution < 1.29 is 9.59 Å². The number of aliphatic imine (C=N–C) groups is 1. The molecule has 7 nitrogen and oxygen atoms in total. The number of hydrogen-bond acceptors (Lipinski definition) is 3. The SMILES string of the molecule is CCNC(=NCCNC(=O)c1ccccc1)NC1CCN(C(=O)CC)C1.I. The quantitative estimate of drug-likeness (QED) is 0.236. The summed E-state index contributed by atoms with van der Waals surface area (Å²) in [6.07, 6.45) is 1.46. The second kappa shape index (κ2) is 12.5. The smallest absolute Gasteiger partial charge is 0.251 e. The number of halogens is 1. The Hall–Kier alpha value is -1.84. The molecular formula is C19H30IN5O2. The topological polar surface area (TPSA) is 85.8 Å². The van der Waals surface area contributed by atoms with E-state index < -0.39 is 0 Å². The second-order valence-electron chi connectivity index (χ2n) is 6.21. The zero-order valence-corrected chi connectivity index (χ0v) is 18.4. The molecule has 1 aromatic carbocycles. The molecule has 1 unspecified atom stereocenters. The first kappa shape index (κ1) is 23.2. The van der Waals surface area contributed by atoms with Gasteiger partial charge >= 0.3 is 0 Å². The monoisotopic (exact) mass is 487 g/mol. The van der Waals surface area contributed by atoms with Gasteiger partial charge in [0, 0.05) is 44.2 Å². The molecule has 1 aliphatic rings. The predicted octanol–water partition coefficient (Wildman–Crippen LogP) is 1.60. The molecule has 0 spiro atoms. The number of benzene rings is 1. The lowest BCUT2D eigenvalue weighted by Crippen LogP contribution is -2.45. The molecule has 0 saturated carbocycles. The highest BCUT2D eigenvalue weighted by Crippen LogP contribution is 2.10. The first-order valence-electron chi connectivity index (χ1n) is 9.29. The van der Waals surface area contributed by atoms with E-state index in [1.807, 2.05) is 36.9 Å². The van der Waals surface area contributed by atoms with Crippen LogP contribution in [0.15, 0.2) is 35.3 Å². The zero-order chi connectivity index (χ0) is 18.8. The third-order valence-corrected chi connectivity index (χ3v) is 4.23. The third kappa shape index (κ3) is 7.74. The molecule has 0 radical (unpaired) electrons. The molecule has 1 aromatic rings. The Balaban J connectivity index is 0.00000364. The maximum atomic E-state index is 12.0. The average Bonchev–Trinajstić information content (AvgIpc) is 3.13. The molecule has 0 aromatic heterocycles. The molecule has 1 aliphatic heterocycles. The van der Waals surface area contributed by atoms with Gasteiger partial charge in [-0.05, 0) is 25.5 Å². The number of carbonyl (C=O) groups excluding carboxylic acids is 2. The predicted molar refractivity (Wildman–Crippen MR) is 119 cm³/mol. The van der Waals surface area contributed by atoms with E-state index in [0.717, 1.165) is 25.5 Å². The number of nitrogens with one attached hydrogen (secondary N) is 3. The van der Waals surface area contributed by atoms with Gasteiger partial charge in [0.15, 0.2) is 5.96 Å². The van der Waals surface area contributed by atoms with Gasteiger partial charge in [0.25, 0.3) is 5.91 Å². The van der Waals surface area contributed by atoms with Crippen molar-refractivity contribution >= 4 is 41.8 Å². The Labute approximate surface area is 178 Å². The number of nitrogens with zero attached hydrogens (tertiary/aromatic N) is 2. The lowest BCUT2D eigenvalue weighted by molar-refractivity contribution is -0.129. The minimum atomic E-state index is -0.0942. The van der Waals surface area contributed by atoms with Gasteiger partial charge in [0.1, 0.15) is 0 Å². The molecule has 27 heavy (non-hydrogen) atoms. The van der Waals surface area contributed by atoms with Crippen LogP contribution in [0.25, 0.3) is 0 Å². The Morgan fingerprint density at radius 1 is 1.19 bits per heavy atom. The maximum absolute atomic E-state index is 12.0. The van der Waals surface area contributed by atoms with Crippen LogP contribution >= 0.6 is 24.0 Å². The summed E-state index contributed by atoms with van der Waals surface area (Å²) in [6.45, 7) is 7.10. The van der Waals surface area contributed by atoms with Crippen LogP contribution in [0.1, 0.15) is 37.0 Å². The summed E-state index contributed by atoms with van der Waals surface area (Å²) >= 11 is 0. The van der Waals surface area contributed by atoms with E-state index in [9.17, 15) is 9.59 Å². The highest BCUT2D eigenvalue weighted by Gasteiger charge is 2.25. The third-order valence-electron chi connectivity index (χ3n) is 4.23. The van der Waals surface area contributed by atoms with Gasteiger partial charge in [-0.25, -0.2) is 0 Å². The Morgan fingerprint density at radius 2 is 1.93 bits per heavy atom. The van der Waals surface area contributed by atoms with Crippen molar-refractivity contribution in [3.05, 3.63) is 35.9 Å². The van der Waals surface area contributed by atoms with Crippen LogP contribution in [0.2, 0.25) is 0 Å². The summed E-state index contributed by atoms with van der Waals surface area (Å²) in [6, 6.07) is 9.35. The molecular weight excluding hydrogens is 457 g/mol. The van der Waals surface area contributed by atoms with Gasteiger partial charge in [-0.15, -0.1) is 24.0 Å². The van der Waals surface area contributed by atoms with Gasteiger partial charge in [-0.3, -0.25) is 14.6 Å². The fraction of sp³-hybridized carbons (Fsp3) is 0.526. The molecule has 2 rings (SSSR count). The van der Waals surface area contributed by atoms with Gasteiger partial charge in [-0.2, -0.15) is 0 Å². The molecule has 0 bridgehead atoms. The minimum Gasteiger partial charge on any atom is -0.357 e. The first-order chi connectivity index (χ1) is 12.6. The van der Waals surface area contributed by atoms with Crippen molar-refractivity contribution in [2.24, 2.45) is 4.99 Å². The van der Waals surface area contributed by atoms with E-state index in [0.29, 0.717) is 31.6 Å². The zero-order valence-electron chi connectivity index (χ0n) is 16.0. The van der Waals surface area contributed by atoms with Crippen molar-refractivity contribution in [3.63, 3.8) is 0 Å². The van der Waals surface area contributed by atoms with Gasteiger partial charge in [0.2, 0.25) is 5.91 Å². The van der Waals surface area contributed by atoms with Crippen LogP contribution in [0.5, 0.6) is 0 Å². The van der Waals surface area contributed by atoms with Crippen LogP contribution in [0, 0.1) is 0 Å². The summed E-state index contributed by atoms with van der Waals surface area (Å²) in [5.41, 5.74) is 0.646. The van der Waals surface area contributed by atoms with Crippen molar-refractivity contribution in [2.45, 2.75) is 32.7 Å². The second-order valence-corrected chi connectivity index (χ2v) is 6.21. The van der Waals surface area contributed by atoms with Gasteiger partial charge < -0.3 is 20.9 Å².